The van der Waals surface area contributed by atoms with Crippen LogP contribution in [-0.4, -0.2) is 13.1 Å². The van der Waals surface area contributed by atoms with Crippen LogP contribution in [0.25, 0.3) is 0 Å². The zero-order valence-electron chi connectivity index (χ0n) is 14.2. The highest BCUT2D eigenvalue weighted by Crippen LogP contribution is 2.32. The summed E-state index contributed by atoms with van der Waals surface area (Å²) in [5.41, 5.74) is 4.72. The summed E-state index contributed by atoms with van der Waals surface area (Å²) in [5.74, 6) is 16.0. The third-order valence-electron chi connectivity index (χ3n) is 3.77. The molecule has 0 bridgehead atoms. The first kappa shape index (κ1) is 19.4. The molecule has 0 spiro atoms. The van der Waals surface area contributed by atoms with Crippen molar-refractivity contribution in [3.63, 3.8) is 0 Å². The van der Waals surface area contributed by atoms with Crippen LogP contribution in [0, 0.1) is 74.1 Å². The van der Waals surface area contributed by atoms with Crippen molar-refractivity contribution in [2.75, 3.05) is 18.0 Å². The van der Waals surface area contributed by atoms with Crippen LogP contribution in [0.15, 0.2) is 6.07 Å². The van der Waals surface area contributed by atoms with Gasteiger partial charge in [0.25, 0.3) is 0 Å². The standard InChI is InChI=1S/C24H19N/c1-7-13-20-19-24(25(17-11-5)18-12-6)23(16-10-4)22(15-9-3)21(20)14-8-2/h1-6,19H,13-18H2. The van der Waals surface area contributed by atoms with Gasteiger partial charge < -0.3 is 4.90 Å². The maximum Gasteiger partial charge on any atom is 0.0801 e. The van der Waals surface area contributed by atoms with E-state index in [0.29, 0.717) is 38.8 Å². The van der Waals surface area contributed by atoms with Gasteiger partial charge in [-0.15, -0.1) is 62.2 Å². The fraction of sp³-hybridized carbons (Fsp3) is 0.250. The highest BCUT2D eigenvalue weighted by atomic mass is 15.1. The maximum absolute atomic E-state index is 5.59. The Morgan fingerprint density at radius 2 is 1.08 bits per heavy atom. The number of anilines is 1. The molecule has 25 heavy (non-hydrogen) atoms. The fourth-order valence-corrected chi connectivity index (χ4v) is 2.80. The minimum absolute atomic E-state index is 0.362. The molecule has 1 nitrogen and oxygen atoms in total. The van der Waals surface area contributed by atoms with Crippen molar-refractivity contribution >= 4 is 5.69 Å². The van der Waals surface area contributed by atoms with Gasteiger partial charge in [0.1, 0.15) is 0 Å². The topological polar surface area (TPSA) is 3.24 Å². The molecular weight excluding hydrogens is 302 g/mol. The van der Waals surface area contributed by atoms with Crippen molar-refractivity contribution in [2.24, 2.45) is 0 Å². The summed E-state index contributed by atoms with van der Waals surface area (Å²) in [6, 6.07) is 1.99. The minimum Gasteiger partial charge on any atom is -0.349 e. The lowest BCUT2D eigenvalue weighted by atomic mass is 9.87. The lowest BCUT2D eigenvalue weighted by Crippen LogP contribution is -2.26. The molecule has 1 heteroatoms. The van der Waals surface area contributed by atoms with Crippen LogP contribution in [-0.2, 0) is 25.7 Å². The molecule has 0 N–H and O–H groups in total. The number of nitrogens with zero attached hydrogens (tertiary/aromatic N) is 1. The summed E-state index contributed by atoms with van der Waals surface area (Å²) in [6.07, 6.45) is 35.0. The van der Waals surface area contributed by atoms with Gasteiger partial charge in [-0.2, -0.15) is 0 Å². The highest BCUT2D eigenvalue weighted by molar-refractivity contribution is 5.65. The number of hydrogen-bond donors (Lipinski definition) is 0. The van der Waals surface area contributed by atoms with E-state index in [-0.39, 0.29) is 0 Å². The number of hydrogen-bond acceptors (Lipinski definition) is 1. The Morgan fingerprint density at radius 1 is 0.600 bits per heavy atom. The second kappa shape index (κ2) is 10.2. The quantitative estimate of drug-likeness (QED) is 0.698. The van der Waals surface area contributed by atoms with E-state index in [2.05, 4.69) is 35.5 Å². The third-order valence-corrected chi connectivity index (χ3v) is 3.77. The first-order valence-corrected chi connectivity index (χ1v) is 7.70. The smallest absolute Gasteiger partial charge is 0.0801 e. The molecule has 0 fully saturated rings. The zero-order valence-corrected chi connectivity index (χ0v) is 14.2. The molecule has 0 amide bonds. The van der Waals surface area contributed by atoms with E-state index in [1.807, 2.05) is 11.0 Å². The molecule has 0 heterocycles. The summed E-state index contributed by atoms with van der Waals surface area (Å²) < 4.78 is 0. The minimum atomic E-state index is 0.362. The number of terminal acetylenes is 6. The molecule has 0 aliphatic rings. The molecule has 0 aliphatic carbocycles. The lowest BCUT2D eigenvalue weighted by molar-refractivity contribution is 0.953. The van der Waals surface area contributed by atoms with E-state index in [1.165, 1.54) is 0 Å². The molecule has 0 atom stereocenters. The lowest BCUT2D eigenvalue weighted by Gasteiger charge is -2.27. The Morgan fingerprint density at radius 3 is 1.56 bits per heavy atom. The monoisotopic (exact) mass is 321 g/mol. The Labute approximate surface area is 152 Å². The second-order valence-corrected chi connectivity index (χ2v) is 5.28. The van der Waals surface area contributed by atoms with E-state index < -0.39 is 0 Å². The molecule has 1 rings (SSSR count). The summed E-state index contributed by atoms with van der Waals surface area (Å²) in [7, 11) is 0. The normalized spacial score (nSPS) is 8.72. The number of benzene rings is 1. The van der Waals surface area contributed by atoms with Crippen molar-refractivity contribution in [1.82, 2.24) is 0 Å². The van der Waals surface area contributed by atoms with Gasteiger partial charge in [-0.3, -0.25) is 0 Å². The average Bonchev–Trinajstić information content (AvgIpc) is 2.60. The first-order chi connectivity index (χ1) is 12.2. The van der Waals surface area contributed by atoms with Crippen molar-refractivity contribution in [2.45, 2.75) is 25.7 Å². The van der Waals surface area contributed by atoms with Crippen LogP contribution in [0.2, 0.25) is 0 Å². The predicted molar refractivity (Wildman–Crippen MR) is 106 cm³/mol. The molecule has 0 unspecified atom stereocenters. The van der Waals surface area contributed by atoms with E-state index in [4.69, 9.17) is 38.5 Å². The molecule has 0 saturated carbocycles. The molecule has 120 valence electrons. The Hall–Kier alpha value is -3.62. The van der Waals surface area contributed by atoms with Crippen LogP contribution >= 0.6 is 0 Å². The summed E-state index contributed by atoms with van der Waals surface area (Å²) in [5, 5.41) is 0. The van der Waals surface area contributed by atoms with Crippen molar-refractivity contribution in [3.05, 3.63) is 28.3 Å². The van der Waals surface area contributed by atoms with Crippen LogP contribution < -0.4 is 4.90 Å². The van der Waals surface area contributed by atoms with Gasteiger partial charge >= 0.3 is 0 Å². The van der Waals surface area contributed by atoms with Crippen molar-refractivity contribution in [1.29, 1.82) is 0 Å². The molecule has 0 aromatic heterocycles. The highest BCUT2D eigenvalue weighted by Gasteiger charge is 2.19. The van der Waals surface area contributed by atoms with E-state index >= 15 is 0 Å². The van der Waals surface area contributed by atoms with Gasteiger partial charge in [0.05, 0.1) is 13.1 Å². The Balaban J connectivity index is 3.82. The molecule has 0 radical (unpaired) electrons. The molecule has 0 saturated heterocycles. The van der Waals surface area contributed by atoms with Crippen LogP contribution in [0.4, 0.5) is 5.69 Å². The largest absolute Gasteiger partial charge is 0.349 e. The number of rotatable bonds is 7. The molecule has 1 aromatic rings. The van der Waals surface area contributed by atoms with Gasteiger partial charge in [-0.05, 0) is 28.3 Å². The molecule has 0 aliphatic heterocycles. The average molecular weight is 321 g/mol. The van der Waals surface area contributed by atoms with Gasteiger partial charge in [-0.1, -0.05) is 11.8 Å². The predicted octanol–water partition coefficient (Wildman–Crippen LogP) is 2.46. The maximum atomic E-state index is 5.59. The zero-order chi connectivity index (χ0) is 18.7. The van der Waals surface area contributed by atoms with Crippen LogP contribution in [0.1, 0.15) is 22.3 Å². The molecular formula is C24H19N. The summed E-state index contributed by atoms with van der Waals surface area (Å²) >= 11 is 0. The summed E-state index contributed by atoms with van der Waals surface area (Å²) in [4.78, 5) is 1.92. The Kier molecular flexibility index (Phi) is 7.93. The summed E-state index contributed by atoms with van der Waals surface area (Å²) in [6.45, 7) is 0.725. The molecule has 1 aromatic carbocycles. The van der Waals surface area contributed by atoms with E-state index in [1.54, 1.807) is 0 Å². The van der Waals surface area contributed by atoms with Crippen LogP contribution in [0.3, 0.4) is 0 Å². The third kappa shape index (κ3) is 4.67. The Bertz CT molecular complexity index is 857. The SMILES string of the molecule is C#CCc1cc(N(CC#C)CC#C)c(CC#C)c(CC#C)c1CC#C. The second-order valence-electron chi connectivity index (χ2n) is 5.28. The van der Waals surface area contributed by atoms with Crippen molar-refractivity contribution < 1.29 is 0 Å². The van der Waals surface area contributed by atoms with E-state index in [0.717, 1.165) is 27.9 Å². The van der Waals surface area contributed by atoms with Gasteiger partial charge in [0, 0.05) is 31.4 Å². The van der Waals surface area contributed by atoms with E-state index in [9.17, 15) is 0 Å². The van der Waals surface area contributed by atoms with Crippen LogP contribution in [0.5, 0.6) is 0 Å². The fourth-order valence-electron chi connectivity index (χ4n) is 2.80. The van der Waals surface area contributed by atoms with Crippen molar-refractivity contribution in [3.8, 4) is 74.1 Å². The first-order valence-electron chi connectivity index (χ1n) is 7.70. The van der Waals surface area contributed by atoms with Gasteiger partial charge in [-0.25, -0.2) is 0 Å². The van der Waals surface area contributed by atoms with Gasteiger partial charge in [0.15, 0.2) is 0 Å². The van der Waals surface area contributed by atoms with Gasteiger partial charge in [0.2, 0.25) is 0 Å².